The first kappa shape index (κ1) is 13.6. The summed E-state index contributed by atoms with van der Waals surface area (Å²) in [4.78, 5) is 0. The predicted octanol–water partition coefficient (Wildman–Crippen LogP) is 3.27. The van der Waals surface area contributed by atoms with E-state index in [0.29, 0.717) is 11.3 Å². The fraction of sp³-hybridized carbons (Fsp3) is 0.333. The van der Waals surface area contributed by atoms with Gasteiger partial charge in [-0.25, -0.2) is 4.39 Å². The number of ether oxygens (including phenoxy) is 1. The lowest BCUT2D eigenvalue weighted by Crippen LogP contribution is -2.03. The monoisotopic (exact) mass is 264 g/mol. The van der Waals surface area contributed by atoms with Crippen molar-refractivity contribution in [3.8, 4) is 5.75 Å². The second-order valence-electron chi connectivity index (χ2n) is 4.31. The molecule has 0 aliphatic carbocycles. The molecular formula is C15H17FO3. The molecule has 0 radical (unpaired) electrons. The van der Waals surface area contributed by atoms with Gasteiger partial charge in [0.05, 0.1) is 7.11 Å². The molecule has 1 atom stereocenters. The molecule has 2 rings (SSSR count). The Bertz CT molecular complexity index is 548. The lowest BCUT2D eigenvalue weighted by Gasteiger charge is -2.10. The highest BCUT2D eigenvalue weighted by Crippen LogP contribution is 2.26. The topological polar surface area (TPSA) is 42.6 Å². The standard InChI is InChI=1S/C15H17FO3/c1-3-11-7-8-13(19-11)12(17)9-10-5-4-6-14(18-2)15(10)16/h4-8,12,17H,3,9H2,1-2H3. The number of hydrogen-bond donors (Lipinski definition) is 1. The molecule has 4 heteroatoms. The van der Waals surface area contributed by atoms with Gasteiger partial charge in [-0.3, -0.25) is 0 Å². The van der Waals surface area contributed by atoms with Gasteiger partial charge in [0.2, 0.25) is 0 Å². The van der Waals surface area contributed by atoms with Gasteiger partial charge in [-0.05, 0) is 23.8 Å². The Balaban J connectivity index is 2.16. The Morgan fingerprint density at radius 2 is 2.11 bits per heavy atom. The van der Waals surface area contributed by atoms with E-state index >= 15 is 0 Å². The molecule has 1 aromatic heterocycles. The van der Waals surface area contributed by atoms with E-state index in [9.17, 15) is 9.50 Å². The lowest BCUT2D eigenvalue weighted by molar-refractivity contribution is 0.147. The van der Waals surface area contributed by atoms with Gasteiger partial charge in [-0.1, -0.05) is 19.1 Å². The van der Waals surface area contributed by atoms with Gasteiger partial charge in [0.15, 0.2) is 11.6 Å². The van der Waals surface area contributed by atoms with Crippen molar-refractivity contribution in [2.24, 2.45) is 0 Å². The third kappa shape index (κ3) is 2.96. The highest BCUT2D eigenvalue weighted by Gasteiger charge is 2.17. The maximum atomic E-state index is 14.0. The van der Waals surface area contributed by atoms with Crippen molar-refractivity contribution in [1.82, 2.24) is 0 Å². The number of benzene rings is 1. The maximum Gasteiger partial charge on any atom is 0.168 e. The van der Waals surface area contributed by atoms with Crippen LogP contribution in [0.25, 0.3) is 0 Å². The number of rotatable bonds is 5. The van der Waals surface area contributed by atoms with Gasteiger partial charge in [-0.2, -0.15) is 0 Å². The fourth-order valence-corrected chi connectivity index (χ4v) is 1.94. The second-order valence-corrected chi connectivity index (χ2v) is 4.31. The average Bonchev–Trinajstić information content (AvgIpc) is 2.90. The van der Waals surface area contributed by atoms with Crippen molar-refractivity contribution in [2.45, 2.75) is 25.9 Å². The molecule has 1 aromatic carbocycles. The quantitative estimate of drug-likeness (QED) is 0.901. The Kier molecular flexibility index (Phi) is 4.22. The Hall–Kier alpha value is -1.81. The molecule has 19 heavy (non-hydrogen) atoms. The summed E-state index contributed by atoms with van der Waals surface area (Å²) in [6, 6.07) is 8.42. The molecule has 0 saturated heterocycles. The second kappa shape index (κ2) is 5.89. The van der Waals surface area contributed by atoms with E-state index in [-0.39, 0.29) is 12.2 Å². The van der Waals surface area contributed by atoms with E-state index in [0.717, 1.165) is 12.2 Å². The number of aliphatic hydroxyl groups is 1. The highest BCUT2D eigenvalue weighted by molar-refractivity contribution is 5.31. The van der Waals surface area contributed by atoms with Crippen molar-refractivity contribution < 1.29 is 18.7 Å². The first-order valence-electron chi connectivity index (χ1n) is 6.23. The third-order valence-electron chi connectivity index (χ3n) is 3.04. The third-order valence-corrected chi connectivity index (χ3v) is 3.04. The van der Waals surface area contributed by atoms with Crippen LogP contribution in [0.15, 0.2) is 34.7 Å². The van der Waals surface area contributed by atoms with Gasteiger partial charge in [-0.15, -0.1) is 0 Å². The number of methoxy groups -OCH3 is 1. The molecule has 0 saturated carbocycles. The van der Waals surface area contributed by atoms with Crippen LogP contribution < -0.4 is 4.74 Å². The summed E-state index contributed by atoms with van der Waals surface area (Å²) in [7, 11) is 1.42. The molecule has 0 bridgehead atoms. The van der Waals surface area contributed by atoms with Crippen molar-refractivity contribution in [3.05, 3.63) is 53.2 Å². The van der Waals surface area contributed by atoms with Gasteiger partial charge in [0, 0.05) is 12.8 Å². The van der Waals surface area contributed by atoms with E-state index in [2.05, 4.69) is 0 Å². The molecule has 0 spiro atoms. The van der Waals surface area contributed by atoms with Crippen LogP contribution in [0.2, 0.25) is 0 Å². The minimum atomic E-state index is -0.859. The molecule has 1 N–H and O–H groups in total. The Morgan fingerprint density at radius 1 is 1.32 bits per heavy atom. The van der Waals surface area contributed by atoms with Gasteiger partial charge in [0.25, 0.3) is 0 Å². The minimum absolute atomic E-state index is 0.152. The molecule has 2 aromatic rings. The van der Waals surface area contributed by atoms with Crippen LogP contribution >= 0.6 is 0 Å². The number of aryl methyl sites for hydroxylation is 1. The zero-order valence-electron chi connectivity index (χ0n) is 11.0. The molecule has 0 fully saturated rings. The smallest absolute Gasteiger partial charge is 0.168 e. The minimum Gasteiger partial charge on any atom is -0.494 e. The van der Waals surface area contributed by atoms with Crippen molar-refractivity contribution in [1.29, 1.82) is 0 Å². The molecule has 0 aliphatic rings. The summed E-state index contributed by atoms with van der Waals surface area (Å²) in [6.45, 7) is 1.97. The molecule has 0 amide bonds. The zero-order chi connectivity index (χ0) is 13.8. The van der Waals surface area contributed by atoms with Crippen molar-refractivity contribution >= 4 is 0 Å². The van der Waals surface area contributed by atoms with Gasteiger partial charge in [0.1, 0.15) is 17.6 Å². The summed E-state index contributed by atoms with van der Waals surface area (Å²) in [5.41, 5.74) is 0.404. The van der Waals surface area contributed by atoms with E-state index in [1.165, 1.54) is 7.11 Å². The summed E-state index contributed by atoms with van der Waals surface area (Å²) >= 11 is 0. The SMILES string of the molecule is CCc1ccc(C(O)Cc2cccc(OC)c2F)o1. The number of hydrogen-bond acceptors (Lipinski definition) is 3. The van der Waals surface area contributed by atoms with E-state index in [1.54, 1.807) is 24.3 Å². The van der Waals surface area contributed by atoms with Crippen LogP contribution in [0.1, 0.15) is 30.1 Å². The number of furan rings is 1. The highest BCUT2D eigenvalue weighted by atomic mass is 19.1. The van der Waals surface area contributed by atoms with Crippen LogP contribution in [0.3, 0.4) is 0 Å². The number of halogens is 1. The summed E-state index contributed by atoms with van der Waals surface area (Å²) in [5, 5.41) is 10.1. The lowest BCUT2D eigenvalue weighted by atomic mass is 10.1. The summed E-state index contributed by atoms with van der Waals surface area (Å²) in [6.07, 6.45) is 0.0573. The fourth-order valence-electron chi connectivity index (χ4n) is 1.94. The molecule has 1 heterocycles. The van der Waals surface area contributed by atoms with Crippen LogP contribution in [-0.4, -0.2) is 12.2 Å². The van der Waals surface area contributed by atoms with Crippen LogP contribution in [0.4, 0.5) is 4.39 Å². The van der Waals surface area contributed by atoms with E-state index in [4.69, 9.17) is 9.15 Å². The Morgan fingerprint density at radius 3 is 2.74 bits per heavy atom. The largest absolute Gasteiger partial charge is 0.494 e. The molecular weight excluding hydrogens is 247 g/mol. The van der Waals surface area contributed by atoms with Crippen molar-refractivity contribution in [2.75, 3.05) is 7.11 Å². The van der Waals surface area contributed by atoms with Gasteiger partial charge >= 0.3 is 0 Å². The van der Waals surface area contributed by atoms with Crippen LogP contribution in [0, 0.1) is 5.82 Å². The van der Waals surface area contributed by atoms with Crippen molar-refractivity contribution in [3.63, 3.8) is 0 Å². The normalized spacial score (nSPS) is 12.4. The zero-order valence-corrected chi connectivity index (χ0v) is 11.0. The van der Waals surface area contributed by atoms with E-state index in [1.807, 2.05) is 13.0 Å². The van der Waals surface area contributed by atoms with Gasteiger partial charge < -0.3 is 14.3 Å². The predicted molar refractivity (Wildman–Crippen MR) is 69.7 cm³/mol. The molecule has 3 nitrogen and oxygen atoms in total. The molecule has 102 valence electrons. The van der Waals surface area contributed by atoms with E-state index < -0.39 is 11.9 Å². The number of aliphatic hydroxyl groups excluding tert-OH is 1. The van der Waals surface area contributed by atoms with Crippen LogP contribution in [-0.2, 0) is 12.8 Å². The molecule has 1 unspecified atom stereocenters. The Labute approximate surface area is 111 Å². The first-order chi connectivity index (χ1) is 9.15. The first-order valence-corrected chi connectivity index (χ1v) is 6.23. The summed E-state index contributed by atoms with van der Waals surface area (Å²) in [5.74, 6) is 1.00. The average molecular weight is 264 g/mol. The maximum absolute atomic E-state index is 14.0. The molecule has 0 aliphatic heterocycles. The van der Waals surface area contributed by atoms with Crippen LogP contribution in [0.5, 0.6) is 5.75 Å². The summed E-state index contributed by atoms with van der Waals surface area (Å²) < 4.78 is 24.3.